The summed E-state index contributed by atoms with van der Waals surface area (Å²) in [6.07, 6.45) is 0.877. The minimum atomic E-state index is -0.280. The summed E-state index contributed by atoms with van der Waals surface area (Å²) in [6.45, 7) is 2.05. The van der Waals surface area contributed by atoms with Crippen LogP contribution in [0, 0.1) is 0 Å². The molecule has 4 heteroatoms. The lowest BCUT2D eigenvalue weighted by molar-refractivity contribution is 0.475. The second-order valence-corrected chi connectivity index (χ2v) is 4.94. The van der Waals surface area contributed by atoms with Gasteiger partial charge in [0.05, 0.1) is 5.02 Å². The Hall–Kier alpha value is -0.440. The van der Waals surface area contributed by atoms with Gasteiger partial charge in [0.15, 0.2) is 0 Å². The molecule has 0 amide bonds. The van der Waals surface area contributed by atoms with Gasteiger partial charge < -0.3 is 4.42 Å². The molecule has 2 heterocycles. The first-order chi connectivity index (χ1) is 7.22. The van der Waals surface area contributed by atoms with Crippen molar-refractivity contribution in [1.82, 2.24) is 0 Å². The number of hydrogen-bond acceptors (Lipinski definition) is 2. The predicted octanol–water partition coefficient (Wildman–Crippen LogP) is 4.89. The van der Waals surface area contributed by atoms with E-state index in [1.165, 1.54) is 0 Å². The zero-order chi connectivity index (χ0) is 10.8. The van der Waals surface area contributed by atoms with E-state index in [1.807, 2.05) is 30.5 Å². The lowest BCUT2D eigenvalue weighted by Crippen LogP contribution is -1.87. The summed E-state index contributed by atoms with van der Waals surface area (Å²) in [5, 5.41) is 2.35. The summed E-state index contributed by atoms with van der Waals surface area (Å²) in [5.41, 5.74) is 0. The third-order valence-electron chi connectivity index (χ3n) is 2.16. The standard InChI is InChI=1S/C11H10Cl2OS/c1-2-7-3-4-9(14-7)10(13)11-8(12)5-6-15-11/h3-6,10H,2H2,1H3. The van der Waals surface area contributed by atoms with Gasteiger partial charge in [0.25, 0.3) is 0 Å². The van der Waals surface area contributed by atoms with Crippen LogP contribution in [0.15, 0.2) is 28.0 Å². The van der Waals surface area contributed by atoms with Crippen molar-refractivity contribution in [2.24, 2.45) is 0 Å². The third-order valence-corrected chi connectivity index (χ3v) is 4.14. The van der Waals surface area contributed by atoms with Crippen molar-refractivity contribution in [3.8, 4) is 0 Å². The Bertz CT molecular complexity index is 447. The zero-order valence-corrected chi connectivity index (χ0v) is 10.5. The van der Waals surface area contributed by atoms with Crippen LogP contribution >= 0.6 is 34.5 Å². The Morgan fingerprint density at radius 2 is 2.20 bits per heavy atom. The van der Waals surface area contributed by atoms with Gasteiger partial charge in [0.2, 0.25) is 0 Å². The highest BCUT2D eigenvalue weighted by molar-refractivity contribution is 7.11. The van der Waals surface area contributed by atoms with E-state index in [0.717, 1.165) is 22.8 Å². The van der Waals surface area contributed by atoms with Crippen LogP contribution in [-0.2, 0) is 6.42 Å². The van der Waals surface area contributed by atoms with Crippen molar-refractivity contribution in [1.29, 1.82) is 0 Å². The van der Waals surface area contributed by atoms with Gasteiger partial charge >= 0.3 is 0 Å². The topological polar surface area (TPSA) is 13.1 Å². The maximum Gasteiger partial charge on any atom is 0.127 e. The molecule has 2 aromatic heterocycles. The molecule has 0 bridgehead atoms. The summed E-state index contributed by atoms with van der Waals surface area (Å²) >= 11 is 13.8. The molecule has 80 valence electrons. The smallest absolute Gasteiger partial charge is 0.127 e. The van der Waals surface area contributed by atoms with Crippen LogP contribution in [0.1, 0.15) is 28.7 Å². The maximum atomic E-state index is 6.28. The first-order valence-corrected chi connectivity index (χ1v) is 6.37. The summed E-state index contributed by atoms with van der Waals surface area (Å²) in [4.78, 5) is 0.940. The Labute approximate surface area is 103 Å². The Kier molecular flexibility index (Phi) is 3.39. The van der Waals surface area contributed by atoms with Gasteiger partial charge in [0, 0.05) is 11.3 Å². The number of alkyl halides is 1. The van der Waals surface area contributed by atoms with Gasteiger partial charge in [0.1, 0.15) is 16.9 Å². The third kappa shape index (κ3) is 2.22. The van der Waals surface area contributed by atoms with E-state index in [4.69, 9.17) is 27.6 Å². The van der Waals surface area contributed by atoms with Gasteiger partial charge in [-0.3, -0.25) is 0 Å². The van der Waals surface area contributed by atoms with Crippen LogP contribution in [0.5, 0.6) is 0 Å². The average molecular weight is 261 g/mol. The van der Waals surface area contributed by atoms with E-state index >= 15 is 0 Å². The van der Waals surface area contributed by atoms with Crippen LogP contribution in [-0.4, -0.2) is 0 Å². The molecule has 1 unspecified atom stereocenters. The summed E-state index contributed by atoms with van der Waals surface area (Å²) in [5.74, 6) is 1.71. The number of thiophene rings is 1. The summed E-state index contributed by atoms with van der Waals surface area (Å²) in [7, 11) is 0. The molecule has 0 aromatic carbocycles. The second kappa shape index (κ2) is 4.60. The number of hydrogen-bond donors (Lipinski definition) is 0. The highest BCUT2D eigenvalue weighted by Crippen LogP contribution is 2.37. The SMILES string of the molecule is CCc1ccc(C(Cl)c2sccc2Cl)o1. The molecule has 0 saturated heterocycles. The quantitative estimate of drug-likeness (QED) is 0.717. The molecule has 0 radical (unpaired) electrons. The molecular weight excluding hydrogens is 251 g/mol. The molecule has 0 aliphatic carbocycles. The van der Waals surface area contributed by atoms with Crippen molar-refractivity contribution < 1.29 is 4.42 Å². The molecule has 2 aromatic rings. The summed E-state index contributed by atoms with van der Waals surface area (Å²) in [6, 6.07) is 5.71. The Morgan fingerprint density at radius 1 is 1.40 bits per heavy atom. The number of furan rings is 1. The molecule has 1 nitrogen and oxygen atoms in total. The van der Waals surface area contributed by atoms with Crippen molar-refractivity contribution in [2.45, 2.75) is 18.7 Å². The van der Waals surface area contributed by atoms with Crippen molar-refractivity contribution in [2.75, 3.05) is 0 Å². The predicted molar refractivity (Wildman–Crippen MR) is 65.1 cm³/mol. The molecule has 0 N–H and O–H groups in total. The number of rotatable bonds is 3. The van der Waals surface area contributed by atoms with Gasteiger partial charge in [-0.05, 0) is 23.6 Å². The van der Waals surface area contributed by atoms with Gasteiger partial charge in [-0.2, -0.15) is 0 Å². The van der Waals surface area contributed by atoms with E-state index in [1.54, 1.807) is 11.3 Å². The highest BCUT2D eigenvalue weighted by atomic mass is 35.5. The minimum Gasteiger partial charge on any atom is -0.464 e. The van der Waals surface area contributed by atoms with Gasteiger partial charge in [-0.25, -0.2) is 0 Å². The van der Waals surface area contributed by atoms with Crippen LogP contribution in [0.4, 0.5) is 0 Å². The molecule has 0 spiro atoms. The molecule has 1 atom stereocenters. The lowest BCUT2D eigenvalue weighted by atomic mass is 10.3. The number of aryl methyl sites for hydroxylation is 1. The van der Waals surface area contributed by atoms with Crippen molar-refractivity contribution in [3.63, 3.8) is 0 Å². The lowest BCUT2D eigenvalue weighted by Gasteiger charge is -2.04. The van der Waals surface area contributed by atoms with Crippen LogP contribution in [0.25, 0.3) is 0 Å². The molecule has 0 aliphatic heterocycles. The van der Waals surface area contributed by atoms with E-state index in [2.05, 4.69) is 0 Å². The normalized spacial score (nSPS) is 13.0. The number of halogens is 2. The Morgan fingerprint density at radius 3 is 2.73 bits per heavy atom. The van der Waals surface area contributed by atoms with E-state index < -0.39 is 0 Å². The van der Waals surface area contributed by atoms with Crippen LogP contribution in [0.2, 0.25) is 5.02 Å². The van der Waals surface area contributed by atoms with Gasteiger partial charge in [-0.1, -0.05) is 18.5 Å². The van der Waals surface area contributed by atoms with Crippen molar-refractivity contribution in [3.05, 3.63) is 45.0 Å². The van der Waals surface area contributed by atoms with E-state index in [0.29, 0.717) is 5.02 Å². The van der Waals surface area contributed by atoms with Crippen molar-refractivity contribution >= 4 is 34.5 Å². The molecule has 2 rings (SSSR count). The molecule has 0 fully saturated rings. The fraction of sp³-hybridized carbons (Fsp3) is 0.273. The second-order valence-electron chi connectivity index (χ2n) is 3.15. The minimum absolute atomic E-state index is 0.280. The first-order valence-electron chi connectivity index (χ1n) is 4.68. The maximum absolute atomic E-state index is 6.28. The largest absolute Gasteiger partial charge is 0.464 e. The average Bonchev–Trinajstić information content (AvgIpc) is 2.84. The first kappa shape index (κ1) is 11.1. The molecular formula is C11H10Cl2OS. The fourth-order valence-electron chi connectivity index (χ4n) is 1.34. The molecule has 0 aliphatic rings. The Balaban J connectivity index is 2.28. The monoisotopic (exact) mass is 260 g/mol. The fourth-order valence-corrected chi connectivity index (χ4v) is 2.93. The molecule has 0 saturated carbocycles. The van der Waals surface area contributed by atoms with E-state index in [-0.39, 0.29) is 5.38 Å². The van der Waals surface area contributed by atoms with E-state index in [9.17, 15) is 0 Å². The molecule has 15 heavy (non-hydrogen) atoms. The van der Waals surface area contributed by atoms with Crippen LogP contribution < -0.4 is 0 Å². The summed E-state index contributed by atoms with van der Waals surface area (Å²) < 4.78 is 5.59. The zero-order valence-electron chi connectivity index (χ0n) is 8.17. The van der Waals surface area contributed by atoms with Gasteiger partial charge in [-0.15, -0.1) is 22.9 Å². The highest BCUT2D eigenvalue weighted by Gasteiger charge is 2.18. The van der Waals surface area contributed by atoms with Crippen LogP contribution in [0.3, 0.4) is 0 Å².